The van der Waals surface area contributed by atoms with E-state index in [4.69, 9.17) is 10.8 Å². The molecule has 3 atom stereocenters. The maximum atomic E-state index is 12.1. The number of nitrogens with one attached hydrogen (secondary N) is 4. The van der Waals surface area contributed by atoms with Crippen molar-refractivity contribution in [3.63, 3.8) is 0 Å². The average Bonchev–Trinajstić information content (AvgIpc) is 2.62. The molecule has 0 unspecified atom stereocenters. The van der Waals surface area contributed by atoms with Crippen molar-refractivity contribution in [1.29, 1.82) is 0 Å². The number of hydrogen-bond donors (Lipinski definition) is 6. The molecular formula is C19H35N5O6. The average molecular weight is 430 g/mol. The van der Waals surface area contributed by atoms with Gasteiger partial charge in [0.2, 0.25) is 23.6 Å². The van der Waals surface area contributed by atoms with Crippen LogP contribution in [0.15, 0.2) is 0 Å². The number of nitrogens with two attached hydrogens (primary N) is 1. The molecule has 30 heavy (non-hydrogen) atoms. The van der Waals surface area contributed by atoms with Crippen LogP contribution in [-0.4, -0.2) is 65.9 Å². The number of carboxylic acid groups (broad SMARTS) is 1. The normalized spacial score (nSPS) is 13.9. The van der Waals surface area contributed by atoms with Crippen LogP contribution in [0.1, 0.15) is 47.5 Å². The van der Waals surface area contributed by atoms with Gasteiger partial charge >= 0.3 is 5.97 Å². The fourth-order valence-electron chi connectivity index (χ4n) is 2.50. The van der Waals surface area contributed by atoms with Gasteiger partial charge in [-0.15, -0.1) is 0 Å². The van der Waals surface area contributed by atoms with E-state index in [9.17, 15) is 24.0 Å². The van der Waals surface area contributed by atoms with E-state index in [2.05, 4.69) is 21.3 Å². The number of aliphatic carboxylic acids is 1. The molecule has 0 saturated heterocycles. The molecule has 11 nitrogen and oxygen atoms in total. The Kier molecular flexibility index (Phi) is 12.3. The van der Waals surface area contributed by atoms with Crippen molar-refractivity contribution in [3.8, 4) is 0 Å². The van der Waals surface area contributed by atoms with Crippen molar-refractivity contribution in [1.82, 2.24) is 21.3 Å². The molecule has 0 saturated carbocycles. The molecular weight excluding hydrogens is 394 g/mol. The van der Waals surface area contributed by atoms with Gasteiger partial charge in [-0.25, -0.2) is 4.79 Å². The van der Waals surface area contributed by atoms with Gasteiger partial charge in [-0.2, -0.15) is 0 Å². The third-order valence-electron chi connectivity index (χ3n) is 4.02. The summed E-state index contributed by atoms with van der Waals surface area (Å²) in [6.07, 6.45) is 0.736. The Morgan fingerprint density at radius 1 is 0.767 bits per heavy atom. The van der Waals surface area contributed by atoms with Crippen LogP contribution in [0.25, 0.3) is 0 Å². The van der Waals surface area contributed by atoms with Gasteiger partial charge in [0.05, 0.1) is 19.1 Å². The lowest BCUT2D eigenvalue weighted by Crippen LogP contribution is -2.52. The predicted octanol–water partition coefficient (Wildman–Crippen LogP) is -1.29. The molecule has 0 aliphatic heterocycles. The zero-order chi connectivity index (χ0) is 23.4. The Labute approximate surface area is 176 Å². The van der Waals surface area contributed by atoms with Gasteiger partial charge in [-0.1, -0.05) is 27.7 Å². The molecule has 0 aliphatic rings. The largest absolute Gasteiger partial charge is 0.480 e. The molecule has 0 radical (unpaired) electrons. The molecule has 0 heterocycles. The highest BCUT2D eigenvalue weighted by Gasteiger charge is 2.24. The fraction of sp³-hybridized carbons (Fsp3) is 0.737. The highest BCUT2D eigenvalue weighted by Crippen LogP contribution is 2.05. The Balaban J connectivity index is 4.33. The minimum absolute atomic E-state index is 0.0620. The van der Waals surface area contributed by atoms with Crippen molar-refractivity contribution < 1.29 is 29.1 Å². The van der Waals surface area contributed by atoms with Gasteiger partial charge in [0.1, 0.15) is 12.1 Å². The van der Waals surface area contributed by atoms with E-state index in [0.717, 1.165) is 0 Å². The van der Waals surface area contributed by atoms with E-state index in [1.165, 1.54) is 6.92 Å². The first-order chi connectivity index (χ1) is 13.8. The number of carbonyl (C=O) groups excluding carboxylic acids is 4. The van der Waals surface area contributed by atoms with E-state index in [1.54, 1.807) is 0 Å². The molecule has 0 aromatic rings. The Bertz CT molecular complexity index is 623. The molecule has 0 spiro atoms. The molecule has 4 amide bonds. The summed E-state index contributed by atoms with van der Waals surface area (Å²) in [6.45, 7) is 8.17. The summed E-state index contributed by atoms with van der Waals surface area (Å²) in [6, 6.07) is -2.76. The van der Waals surface area contributed by atoms with Gasteiger partial charge in [0.25, 0.3) is 0 Å². The molecule has 11 heteroatoms. The highest BCUT2D eigenvalue weighted by atomic mass is 16.4. The second kappa shape index (κ2) is 13.5. The molecule has 0 aromatic carbocycles. The van der Waals surface area contributed by atoms with Gasteiger partial charge in [0.15, 0.2) is 0 Å². The zero-order valence-corrected chi connectivity index (χ0v) is 18.3. The SMILES string of the molecule is CC(C)C[C@H](NC(=O)[C@H](C)NC(=O)CNC(=O)CNC(=O)[C@@H](N)CC(C)C)C(=O)O. The van der Waals surface area contributed by atoms with Crippen LogP contribution in [-0.2, 0) is 24.0 Å². The monoisotopic (exact) mass is 429 g/mol. The van der Waals surface area contributed by atoms with Gasteiger partial charge < -0.3 is 32.1 Å². The third-order valence-corrected chi connectivity index (χ3v) is 4.02. The topological polar surface area (TPSA) is 180 Å². The lowest BCUT2D eigenvalue weighted by atomic mass is 10.0. The van der Waals surface area contributed by atoms with Crippen LogP contribution >= 0.6 is 0 Å². The number of carboxylic acids is 1. The van der Waals surface area contributed by atoms with Crippen LogP contribution < -0.4 is 27.0 Å². The maximum absolute atomic E-state index is 12.1. The van der Waals surface area contributed by atoms with Gasteiger partial charge in [-0.3, -0.25) is 19.2 Å². The second-order valence-corrected chi connectivity index (χ2v) is 8.05. The molecule has 7 N–H and O–H groups in total. The summed E-state index contributed by atoms with van der Waals surface area (Å²) in [5.74, 6) is -3.18. The predicted molar refractivity (Wildman–Crippen MR) is 110 cm³/mol. The maximum Gasteiger partial charge on any atom is 0.326 e. The number of amides is 4. The van der Waals surface area contributed by atoms with Crippen molar-refractivity contribution >= 4 is 29.6 Å². The van der Waals surface area contributed by atoms with Crippen molar-refractivity contribution in [2.24, 2.45) is 17.6 Å². The molecule has 0 aromatic heterocycles. The van der Waals surface area contributed by atoms with Crippen LogP contribution in [0.4, 0.5) is 0 Å². The first kappa shape index (κ1) is 27.3. The highest BCUT2D eigenvalue weighted by molar-refractivity contribution is 5.92. The first-order valence-corrected chi connectivity index (χ1v) is 9.95. The lowest BCUT2D eigenvalue weighted by molar-refractivity contribution is -0.142. The van der Waals surface area contributed by atoms with Crippen LogP contribution in [0.3, 0.4) is 0 Å². The number of hydrogen-bond acceptors (Lipinski definition) is 6. The van der Waals surface area contributed by atoms with E-state index in [0.29, 0.717) is 6.42 Å². The summed E-state index contributed by atoms with van der Waals surface area (Å²) < 4.78 is 0. The van der Waals surface area contributed by atoms with Crippen LogP contribution in [0, 0.1) is 11.8 Å². The smallest absolute Gasteiger partial charge is 0.326 e. The number of carbonyl (C=O) groups is 5. The summed E-state index contributed by atoms with van der Waals surface area (Å²) in [5.41, 5.74) is 5.71. The lowest BCUT2D eigenvalue weighted by Gasteiger charge is -2.20. The molecule has 0 fully saturated rings. The summed E-state index contributed by atoms with van der Waals surface area (Å²) >= 11 is 0. The van der Waals surface area contributed by atoms with Crippen LogP contribution in [0.5, 0.6) is 0 Å². The van der Waals surface area contributed by atoms with E-state index in [1.807, 2.05) is 27.7 Å². The minimum atomic E-state index is -1.15. The minimum Gasteiger partial charge on any atom is -0.480 e. The summed E-state index contributed by atoms with van der Waals surface area (Å²) in [4.78, 5) is 58.7. The van der Waals surface area contributed by atoms with Gasteiger partial charge in [-0.05, 0) is 31.6 Å². The Morgan fingerprint density at radius 3 is 1.80 bits per heavy atom. The third kappa shape index (κ3) is 12.0. The van der Waals surface area contributed by atoms with Crippen LogP contribution in [0.2, 0.25) is 0 Å². The van der Waals surface area contributed by atoms with Crippen molar-refractivity contribution in [2.45, 2.75) is 65.6 Å². The van der Waals surface area contributed by atoms with Crippen molar-refractivity contribution in [2.75, 3.05) is 13.1 Å². The molecule has 172 valence electrons. The quantitative estimate of drug-likeness (QED) is 0.211. The standard InChI is InChI=1S/C19H35N5O6/c1-10(2)6-13(20)18(28)22-8-15(25)21-9-16(26)23-12(5)17(27)24-14(19(29)30)7-11(3)4/h10-14H,6-9,20H2,1-5H3,(H,21,25)(H,22,28)(H,23,26)(H,24,27)(H,29,30)/t12-,13-,14-/m0/s1. The van der Waals surface area contributed by atoms with E-state index < -0.39 is 54.3 Å². The molecule has 0 bridgehead atoms. The van der Waals surface area contributed by atoms with E-state index in [-0.39, 0.29) is 24.8 Å². The number of rotatable bonds is 13. The molecule has 0 rings (SSSR count). The summed E-state index contributed by atoms with van der Waals surface area (Å²) in [7, 11) is 0. The Morgan fingerprint density at radius 2 is 1.30 bits per heavy atom. The van der Waals surface area contributed by atoms with Gasteiger partial charge in [0, 0.05) is 0 Å². The summed E-state index contributed by atoms with van der Waals surface area (Å²) in [5, 5.41) is 18.6. The first-order valence-electron chi connectivity index (χ1n) is 9.95. The fourth-order valence-corrected chi connectivity index (χ4v) is 2.50. The van der Waals surface area contributed by atoms with E-state index >= 15 is 0 Å². The second-order valence-electron chi connectivity index (χ2n) is 8.05. The van der Waals surface area contributed by atoms with Crippen molar-refractivity contribution in [3.05, 3.63) is 0 Å². The zero-order valence-electron chi connectivity index (χ0n) is 18.3. The Hall–Kier alpha value is -2.69. The molecule has 0 aliphatic carbocycles.